The van der Waals surface area contributed by atoms with Gasteiger partial charge in [0.2, 0.25) is 5.82 Å². The van der Waals surface area contributed by atoms with Crippen molar-refractivity contribution in [3.8, 4) is 11.4 Å². The van der Waals surface area contributed by atoms with Crippen LogP contribution in [0.15, 0.2) is 43.0 Å². The van der Waals surface area contributed by atoms with E-state index in [-0.39, 0.29) is 0 Å². The molecule has 0 radical (unpaired) electrons. The van der Waals surface area contributed by atoms with Crippen molar-refractivity contribution in [1.82, 2.24) is 18.9 Å². The Bertz CT molecular complexity index is 992. The van der Waals surface area contributed by atoms with Gasteiger partial charge in [0.25, 0.3) is 5.65 Å². The summed E-state index contributed by atoms with van der Waals surface area (Å²) in [6.45, 7) is 0.831. The minimum Gasteiger partial charge on any atom is -0.258 e. The zero-order valence-electron chi connectivity index (χ0n) is 11.0. The SMILES string of the molecule is Cn1c2[n+](c3c1cc1cnccn13)Cc1ncccc1-2. The van der Waals surface area contributed by atoms with Crippen molar-refractivity contribution < 1.29 is 4.57 Å². The fourth-order valence-corrected chi connectivity index (χ4v) is 3.30. The molecule has 5 nitrogen and oxygen atoms in total. The van der Waals surface area contributed by atoms with Gasteiger partial charge in [-0.05, 0) is 12.1 Å². The average molecular weight is 262 g/mol. The van der Waals surface area contributed by atoms with Gasteiger partial charge in [0, 0.05) is 12.3 Å². The van der Waals surface area contributed by atoms with E-state index in [4.69, 9.17) is 0 Å². The smallest absolute Gasteiger partial charge is 0.258 e. The number of rotatable bonds is 0. The first-order chi connectivity index (χ1) is 9.84. The number of hydrogen-bond acceptors (Lipinski definition) is 2. The van der Waals surface area contributed by atoms with E-state index in [2.05, 4.69) is 42.7 Å². The largest absolute Gasteiger partial charge is 0.273 e. The lowest BCUT2D eigenvalue weighted by atomic mass is 10.2. The molecule has 0 aliphatic carbocycles. The Morgan fingerprint density at radius 2 is 2.25 bits per heavy atom. The van der Waals surface area contributed by atoms with Crippen LogP contribution in [0.2, 0.25) is 0 Å². The van der Waals surface area contributed by atoms with Crippen molar-refractivity contribution in [2.45, 2.75) is 6.54 Å². The van der Waals surface area contributed by atoms with E-state index in [1.807, 2.05) is 30.9 Å². The molecule has 1 aliphatic rings. The monoisotopic (exact) mass is 262 g/mol. The Labute approximate surface area is 114 Å². The van der Waals surface area contributed by atoms with Crippen LogP contribution in [-0.4, -0.2) is 18.9 Å². The number of aromatic nitrogens is 5. The van der Waals surface area contributed by atoms with Gasteiger partial charge < -0.3 is 0 Å². The van der Waals surface area contributed by atoms with Gasteiger partial charge in [0.05, 0.1) is 36.9 Å². The summed E-state index contributed by atoms with van der Waals surface area (Å²) in [4.78, 5) is 8.70. The lowest BCUT2D eigenvalue weighted by Crippen LogP contribution is -2.32. The second-order valence-corrected chi connectivity index (χ2v) is 5.19. The Kier molecular flexibility index (Phi) is 1.65. The molecular weight excluding hydrogens is 250 g/mol. The molecule has 0 fully saturated rings. The highest BCUT2D eigenvalue weighted by molar-refractivity contribution is 5.82. The molecule has 4 aromatic heterocycles. The van der Waals surface area contributed by atoms with Crippen molar-refractivity contribution >= 4 is 16.7 Å². The minimum atomic E-state index is 0.831. The van der Waals surface area contributed by atoms with Crippen LogP contribution in [0.1, 0.15) is 5.69 Å². The van der Waals surface area contributed by atoms with E-state index in [0.29, 0.717) is 0 Å². The molecule has 20 heavy (non-hydrogen) atoms. The van der Waals surface area contributed by atoms with Gasteiger partial charge in [-0.15, -0.1) is 0 Å². The predicted octanol–water partition coefficient (Wildman–Crippen LogP) is 1.54. The maximum Gasteiger partial charge on any atom is 0.273 e. The first-order valence-electron chi connectivity index (χ1n) is 6.62. The Hall–Kier alpha value is -2.69. The summed E-state index contributed by atoms with van der Waals surface area (Å²) in [7, 11) is 2.11. The first-order valence-corrected chi connectivity index (χ1v) is 6.62. The number of imidazole rings is 1. The van der Waals surface area contributed by atoms with E-state index >= 15 is 0 Å². The molecule has 5 heteroatoms. The van der Waals surface area contributed by atoms with Crippen molar-refractivity contribution in [2.24, 2.45) is 7.05 Å². The Morgan fingerprint density at radius 3 is 3.20 bits per heavy atom. The highest BCUT2D eigenvalue weighted by Crippen LogP contribution is 2.30. The van der Waals surface area contributed by atoms with Gasteiger partial charge in [-0.3, -0.25) is 14.5 Å². The fourth-order valence-electron chi connectivity index (χ4n) is 3.30. The summed E-state index contributed by atoms with van der Waals surface area (Å²) in [5, 5.41) is 0. The third-order valence-electron chi connectivity index (χ3n) is 4.16. The first kappa shape index (κ1) is 10.1. The fraction of sp³-hybridized carbons (Fsp3) is 0.133. The quantitative estimate of drug-likeness (QED) is 0.397. The molecule has 96 valence electrons. The van der Waals surface area contributed by atoms with Gasteiger partial charge in [-0.25, -0.2) is 8.97 Å². The summed E-state index contributed by atoms with van der Waals surface area (Å²) in [5.74, 6) is 1.23. The summed E-state index contributed by atoms with van der Waals surface area (Å²) in [6, 6.07) is 6.33. The lowest BCUT2D eigenvalue weighted by Gasteiger charge is -1.95. The third-order valence-corrected chi connectivity index (χ3v) is 4.16. The molecule has 0 bridgehead atoms. The highest BCUT2D eigenvalue weighted by Gasteiger charge is 2.33. The zero-order chi connectivity index (χ0) is 13.3. The predicted molar refractivity (Wildman–Crippen MR) is 74.2 cm³/mol. The van der Waals surface area contributed by atoms with Crippen LogP contribution in [0.25, 0.3) is 28.1 Å². The van der Waals surface area contributed by atoms with Crippen LogP contribution in [0.5, 0.6) is 0 Å². The second kappa shape index (κ2) is 3.25. The number of fused-ring (bicyclic) bond motifs is 7. The summed E-state index contributed by atoms with van der Waals surface area (Å²) >= 11 is 0. The zero-order valence-corrected chi connectivity index (χ0v) is 11.0. The van der Waals surface area contributed by atoms with Gasteiger partial charge in [-0.1, -0.05) is 0 Å². The molecule has 0 unspecified atom stereocenters. The van der Waals surface area contributed by atoms with Crippen molar-refractivity contribution in [3.63, 3.8) is 0 Å². The summed E-state index contributed by atoms with van der Waals surface area (Å²) in [6.07, 6.45) is 7.60. The number of nitrogens with zero attached hydrogens (tertiary/aromatic N) is 5. The van der Waals surface area contributed by atoms with Gasteiger partial charge in [0.1, 0.15) is 12.1 Å². The van der Waals surface area contributed by atoms with Gasteiger partial charge in [0.15, 0.2) is 5.52 Å². The number of hydrogen-bond donors (Lipinski definition) is 0. The van der Waals surface area contributed by atoms with Crippen LogP contribution in [0.3, 0.4) is 0 Å². The summed E-state index contributed by atoms with van der Waals surface area (Å²) < 4.78 is 6.77. The Morgan fingerprint density at radius 1 is 1.30 bits per heavy atom. The van der Waals surface area contributed by atoms with Crippen LogP contribution < -0.4 is 4.57 Å². The van der Waals surface area contributed by atoms with Crippen LogP contribution >= 0.6 is 0 Å². The number of pyridine rings is 1. The molecule has 0 atom stereocenters. The molecule has 0 amide bonds. The second-order valence-electron chi connectivity index (χ2n) is 5.19. The van der Waals surface area contributed by atoms with Crippen molar-refractivity contribution in [2.75, 3.05) is 0 Å². The van der Waals surface area contributed by atoms with Crippen LogP contribution in [-0.2, 0) is 13.6 Å². The molecule has 5 heterocycles. The maximum absolute atomic E-state index is 4.50. The van der Waals surface area contributed by atoms with Gasteiger partial charge >= 0.3 is 0 Å². The van der Waals surface area contributed by atoms with E-state index in [9.17, 15) is 0 Å². The van der Waals surface area contributed by atoms with E-state index < -0.39 is 0 Å². The van der Waals surface area contributed by atoms with Gasteiger partial charge in [-0.2, -0.15) is 0 Å². The maximum atomic E-state index is 4.50. The standard InChI is InChI=1S/C15H12N5/c1-18-13-7-10-8-16-5-6-19(10)15(13)20-9-12-11(14(18)20)3-2-4-17-12/h2-8H,9H2,1H3/q+1. The Balaban J connectivity index is 1.99. The van der Waals surface area contributed by atoms with Crippen molar-refractivity contribution in [3.05, 3.63) is 48.7 Å². The van der Waals surface area contributed by atoms with Crippen molar-refractivity contribution in [1.29, 1.82) is 0 Å². The molecular formula is C15H12N5+. The lowest BCUT2D eigenvalue weighted by molar-refractivity contribution is -0.648. The molecule has 0 saturated carbocycles. The average Bonchev–Trinajstić information content (AvgIpc) is 3.10. The minimum absolute atomic E-state index is 0.831. The molecule has 4 aromatic rings. The normalized spacial score (nSPS) is 13.1. The van der Waals surface area contributed by atoms with Crippen LogP contribution in [0.4, 0.5) is 0 Å². The molecule has 1 aliphatic heterocycles. The summed E-state index contributed by atoms with van der Waals surface area (Å²) in [5.41, 5.74) is 5.92. The topological polar surface area (TPSA) is 39.0 Å². The van der Waals surface area contributed by atoms with E-state index in [1.165, 1.54) is 22.6 Å². The molecule has 0 N–H and O–H groups in total. The molecule has 0 aromatic carbocycles. The highest BCUT2D eigenvalue weighted by atomic mass is 15.2. The molecule has 5 rings (SSSR count). The van der Waals surface area contributed by atoms with Crippen LogP contribution in [0, 0.1) is 0 Å². The third kappa shape index (κ3) is 1.02. The molecule has 0 saturated heterocycles. The van der Waals surface area contributed by atoms with E-state index in [0.717, 1.165) is 17.8 Å². The van der Waals surface area contributed by atoms with E-state index in [1.54, 1.807) is 0 Å². The number of aryl methyl sites for hydroxylation is 1. The molecule has 0 spiro atoms.